The van der Waals surface area contributed by atoms with E-state index in [1.807, 2.05) is 13.0 Å². The third kappa shape index (κ3) is 4.73. The van der Waals surface area contributed by atoms with Crippen LogP contribution < -0.4 is 10.6 Å². The van der Waals surface area contributed by atoms with E-state index in [0.29, 0.717) is 11.2 Å². The highest BCUT2D eigenvalue weighted by Crippen LogP contribution is 2.19. The number of rotatable bonds is 2. The van der Waals surface area contributed by atoms with Gasteiger partial charge in [0.2, 0.25) is 0 Å². The molecule has 0 saturated heterocycles. The molecule has 0 spiro atoms. The van der Waals surface area contributed by atoms with Gasteiger partial charge in [-0.2, -0.15) is 0 Å². The molecule has 0 aromatic carbocycles. The second-order valence-corrected chi connectivity index (χ2v) is 6.43. The number of aryl methyl sites for hydroxylation is 1. The van der Waals surface area contributed by atoms with Crippen molar-refractivity contribution in [2.24, 2.45) is 0 Å². The Balaban J connectivity index is 1.89. The lowest BCUT2D eigenvalue weighted by molar-refractivity contribution is 0.535. The Kier molecular flexibility index (Phi) is 5.58. The number of aromatic nitrogens is 1. The number of anilines is 1. The predicted molar refractivity (Wildman–Crippen MR) is 87.5 cm³/mol. The molecule has 1 fully saturated rings. The zero-order valence-electron chi connectivity index (χ0n) is 11.2. The minimum absolute atomic E-state index is 0.512. The van der Waals surface area contributed by atoms with E-state index < -0.39 is 0 Å². The van der Waals surface area contributed by atoms with Crippen LogP contribution in [0.3, 0.4) is 0 Å². The van der Waals surface area contributed by atoms with Gasteiger partial charge in [-0.3, -0.25) is 0 Å². The number of nitrogens with zero attached hydrogens (tertiary/aromatic N) is 1. The quantitative estimate of drug-likeness (QED) is 0.625. The molecule has 0 aliphatic heterocycles. The maximum absolute atomic E-state index is 5.38. The van der Waals surface area contributed by atoms with Crippen LogP contribution in [0.25, 0.3) is 0 Å². The number of halogens is 1. The van der Waals surface area contributed by atoms with Crippen molar-refractivity contribution in [1.82, 2.24) is 10.3 Å². The van der Waals surface area contributed by atoms with E-state index >= 15 is 0 Å². The fraction of sp³-hybridized carbons (Fsp3) is 0.571. The SMILES string of the molecule is Cc1cc(Br)cnc1NC(=S)NC1CCCCCC1. The van der Waals surface area contributed by atoms with Gasteiger partial charge in [0.05, 0.1) is 0 Å². The van der Waals surface area contributed by atoms with Crippen LogP contribution in [0, 0.1) is 6.92 Å². The number of hydrogen-bond acceptors (Lipinski definition) is 2. The molecular weight excluding hydrogens is 322 g/mol. The summed E-state index contributed by atoms with van der Waals surface area (Å²) in [6.45, 7) is 2.02. The van der Waals surface area contributed by atoms with E-state index in [1.54, 1.807) is 6.20 Å². The molecule has 3 nitrogen and oxygen atoms in total. The summed E-state index contributed by atoms with van der Waals surface area (Å²) in [4.78, 5) is 4.34. The van der Waals surface area contributed by atoms with Gasteiger partial charge in [0.1, 0.15) is 5.82 Å². The third-order valence-electron chi connectivity index (χ3n) is 3.47. The first-order valence-electron chi connectivity index (χ1n) is 6.85. The molecule has 2 N–H and O–H groups in total. The van der Waals surface area contributed by atoms with Gasteiger partial charge < -0.3 is 10.6 Å². The van der Waals surface area contributed by atoms with E-state index in [4.69, 9.17) is 12.2 Å². The van der Waals surface area contributed by atoms with Crippen molar-refractivity contribution in [2.45, 2.75) is 51.5 Å². The molecule has 0 bridgehead atoms. The smallest absolute Gasteiger partial charge is 0.172 e. The van der Waals surface area contributed by atoms with E-state index in [0.717, 1.165) is 15.9 Å². The lowest BCUT2D eigenvalue weighted by Crippen LogP contribution is -2.37. The van der Waals surface area contributed by atoms with E-state index in [1.165, 1.54) is 38.5 Å². The van der Waals surface area contributed by atoms with Gasteiger partial charge in [-0.15, -0.1) is 0 Å². The van der Waals surface area contributed by atoms with E-state index in [-0.39, 0.29) is 0 Å². The minimum Gasteiger partial charge on any atom is -0.360 e. The summed E-state index contributed by atoms with van der Waals surface area (Å²) >= 11 is 8.79. The lowest BCUT2D eigenvalue weighted by Gasteiger charge is -2.19. The molecule has 1 heterocycles. The van der Waals surface area contributed by atoms with Crippen LogP contribution >= 0.6 is 28.1 Å². The van der Waals surface area contributed by atoms with Gasteiger partial charge in [0.15, 0.2) is 5.11 Å². The fourth-order valence-electron chi connectivity index (χ4n) is 2.42. The zero-order valence-corrected chi connectivity index (χ0v) is 13.6. The van der Waals surface area contributed by atoms with Gasteiger partial charge in [-0.1, -0.05) is 25.7 Å². The molecule has 0 unspecified atom stereocenters. The molecule has 1 aromatic heterocycles. The molecule has 2 rings (SSSR count). The van der Waals surface area contributed by atoms with Crippen molar-refractivity contribution in [1.29, 1.82) is 0 Å². The van der Waals surface area contributed by atoms with Gasteiger partial charge in [0.25, 0.3) is 0 Å². The van der Waals surface area contributed by atoms with Crippen LogP contribution in [0.5, 0.6) is 0 Å². The second kappa shape index (κ2) is 7.20. The van der Waals surface area contributed by atoms with Crippen molar-refractivity contribution in [3.05, 3.63) is 22.3 Å². The van der Waals surface area contributed by atoms with Crippen molar-refractivity contribution in [3.63, 3.8) is 0 Å². The highest BCUT2D eigenvalue weighted by molar-refractivity contribution is 9.10. The van der Waals surface area contributed by atoms with Gasteiger partial charge in [-0.05, 0) is 59.5 Å². The van der Waals surface area contributed by atoms with Gasteiger partial charge in [0, 0.05) is 16.7 Å². The van der Waals surface area contributed by atoms with Crippen LogP contribution in [-0.4, -0.2) is 16.1 Å². The average Bonchev–Trinajstić information content (AvgIpc) is 2.61. The lowest BCUT2D eigenvalue weighted by atomic mass is 10.1. The van der Waals surface area contributed by atoms with E-state index in [9.17, 15) is 0 Å². The Labute approximate surface area is 128 Å². The molecule has 1 aromatic rings. The molecule has 19 heavy (non-hydrogen) atoms. The summed E-state index contributed by atoms with van der Waals surface area (Å²) in [7, 11) is 0. The summed E-state index contributed by atoms with van der Waals surface area (Å²) in [5, 5.41) is 7.30. The Hall–Kier alpha value is -0.680. The van der Waals surface area contributed by atoms with Crippen molar-refractivity contribution in [2.75, 3.05) is 5.32 Å². The van der Waals surface area contributed by atoms with Crippen molar-refractivity contribution >= 4 is 39.1 Å². The Morgan fingerprint density at radius 2 is 2.00 bits per heavy atom. The van der Waals surface area contributed by atoms with Crippen LogP contribution in [0.15, 0.2) is 16.7 Å². The molecule has 0 atom stereocenters. The highest BCUT2D eigenvalue weighted by Gasteiger charge is 2.13. The summed E-state index contributed by atoms with van der Waals surface area (Å²) in [6, 6.07) is 2.54. The standard InChI is InChI=1S/C14H20BrN3S/c1-10-8-11(15)9-16-13(10)18-14(19)17-12-6-4-2-3-5-7-12/h8-9,12H,2-7H2,1H3,(H2,16,17,18,19). The number of pyridine rings is 1. The topological polar surface area (TPSA) is 37.0 Å². The summed E-state index contributed by atoms with van der Waals surface area (Å²) in [6.07, 6.45) is 9.52. The summed E-state index contributed by atoms with van der Waals surface area (Å²) in [5.41, 5.74) is 1.08. The first-order valence-corrected chi connectivity index (χ1v) is 8.05. The largest absolute Gasteiger partial charge is 0.360 e. The molecule has 1 saturated carbocycles. The summed E-state index contributed by atoms with van der Waals surface area (Å²) in [5.74, 6) is 0.828. The first-order chi connectivity index (χ1) is 9.15. The molecule has 1 aliphatic rings. The van der Waals surface area contributed by atoms with Crippen LogP contribution in [0.4, 0.5) is 5.82 Å². The normalized spacial score (nSPS) is 16.7. The maximum atomic E-state index is 5.38. The molecule has 0 radical (unpaired) electrons. The monoisotopic (exact) mass is 341 g/mol. The second-order valence-electron chi connectivity index (χ2n) is 5.11. The van der Waals surface area contributed by atoms with Crippen LogP contribution in [-0.2, 0) is 0 Å². The third-order valence-corrected chi connectivity index (χ3v) is 4.12. The summed E-state index contributed by atoms with van der Waals surface area (Å²) < 4.78 is 0.984. The van der Waals surface area contributed by atoms with E-state index in [2.05, 4.69) is 31.5 Å². The molecule has 1 aliphatic carbocycles. The molecular formula is C14H20BrN3S. The Morgan fingerprint density at radius 1 is 1.32 bits per heavy atom. The van der Waals surface area contributed by atoms with Gasteiger partial charge >= 0.3 is 0 Å². The molecule has 0 amide bonds. The number of nitrogens with one attached hydrogen (secondary N) is 2. The van der Waals surface area contributed by atoms with Crippen LogP contribution in [0.2, 0.25) is 0 Å². The predicted octanol–water partition coefficient (Wildman–Crippen LogP) is 4.16. The van der Waals surface area contributed by atoms with Crippen LogP contribution in [0.1, 0.15) is 44.1 Å². The average molecular weight is 342 g/mol. The molecule has 5 heteroatoms. The first kappa shape index (κ1) is 14.7. The Bertz CT molecular complexity index is 442. The highest BCUT2D eigenvalue weighted by atomic mass is 79.9. The molecule has 104 valence electrons. The fourth-order valence-corrected chi connectivity index (χ4v) is 3.13. The zero-order chi connectivity index (χ0) is 13.7. The number of thiocarbonyl (C=S) groups is 1. The van der Waals surface area contributed by atoms with Crippen molar-refractivity contribution in [3.8, 4) is 0 Å². The Morgan fingerprint density at radius 3 is 2.63 bits per heavy atom. The van der Waals surface area contributed by atoms with Gasteiger partial charge in [-0.25, -0.2) is 4.98 Å². The van der Waals surface area contributed by atoms with Crippen molar-refractivity contribution < 1.29 is 0 Å². The minimum atomic E-state index is 0.512. The number of hydrogen-bond donors (Lipinski definition) is 2. The maximum Gasteiger partial charge on any atom is 0.172 e.